The number of ether oxygens (including phenoxy) is 1. The van der Waals surface area contributed by atoms with Crippen LogP contribution in [0.3, 0.4) is 0 Å². The maximum Gasteiger partial charge on any atom is 0.313 e. The van der Waals surface area contributed by atoms with Gasteiger partial charge in [0.25, 0.3) is 0 Å². The van der Waals surface area contributed by atoms with Crippen molar-refractivity contribution >= 4 is 5.97 Å². The third-order valence-electron chi connectivity index (χ3n) is 4.34. The first-order valence-electron chi connectivity index (χ1n) is 7.96. The summed E-state index contributed by atoms with van der Waals surface area (Å²) < 4.78 is 4.96. The monoisotopic (exact) mass is 312 g/mol. The standard InChI is InChI=1S/C20H24O3/c1-15-8-6-7-11-18(15)17(14-21)12-13-19(20(22)23-2)16-9-4-3-5-10-16/h3-11,17,19,21H,12-14H2,1-2H3. The normalized spacial score (nSPS) is 13.3. The number of aliphatic hydroxyl groups is 1. The summed E-state index contributed by atoms with van der Waals surface area (Å²) in [4.78, 5) is 12.1. The van der Waals surface area contributed by atoms with Crippen molar-refractivity contribution in [2.24, 2.45) is 0 Å². The molecule has 0 heterocycles. The van der Waals surface area contributed by atoms with E-state index in [4.69, 9.17) is 4.74 Å². The lowest BCUT2D eigenvalue weighted by atomic mass is 9.86. The van der Waals surface area contributed by atoms with Gasteiger partial charge in [-0.2, -0.15) is 0 Å². The zero-order valence-corrected chi connectivity index (χ0v) is 13.7. The van der Waals surface area contributed by atoms with Gasteiger partial charge in [0.2, 0.25) is 0 Å². The Morgan fingerprint density at radius 2 is 1.70 bits per heavy atom. The summed E-state index contributed by atoms with van der Waals surface area (Å²) in [5.74, 6) is -0.482. The lowest BCUT2D eigenvalue weighted by Crippen LogP contribution is -2.16. The summed E-state index contributed by atoms with van der Waals surface area (Å²) in [5.41, 5.74) is 3.27. The Bertz CT molecular complexity index is 622. The van der Waals surface area contributed by atoms with Crippen LogP contribution in [-0.2, 0) is 9.53 Å². The maximum atomic E-state index is 12.1. The molecule has 0 spiro atoms. The largest absolute Gasteiger partial charge is 0.469 e. The second kappa shape index (κ2) is 8.49. The average Bonchev–Trinajstić information content (AvgIpc) is 2.60. The average molecular weight is 312 g/mol. The van der Waals surface area contributed by atoms with Crippen LogP contribution in [-0.4, -0.2) is 24.8 Å². The molecule has 1 N–H and O–H groups in total. The van der Waals surface area contributed by atoms with Crippen LogP contribution in [0.15, 0.2) is 54.6 Å². The van der Waals surface area contributed by atoms with Gasteiger partial charge in [-0.3, -0.25) is 4.79 Å². The predicted octanol–water partition coefficient (Wildman–Crippen LogP) is 3.81. The Kier molecular flexibility index (Phi) is 6.36. The number of methoxy groups -OCH3 is 1. The molecule has 0 aromatic heterocycles. The number of hydrogen-bond donors (Lipinski definition) is 1. The number of carbonyl (C=O) groups excluding carboxylic acids is 1. The molecule has 3 nitrogen and oxygen atoms in total. The Morgan fingerprint density at radius 1 is 1.04 bits per heavy atom. The first-order valence-corrected chi connectivity index (χ1v) is 7.96. The molecule has 0 aliphatic carbocycles. The van der Waals surface area contributed by atoms with Crippen LogP contribution in [0.4, 0.5) is 0 Å². The molecule has 2 aromatic carbocycles. The molecule has 0 saturated heterocycles. The van der Waals surface area contributed by atoms with E-state index < -0.39 is 0 Å². The van der Waals surface area contributed by atoms with E-state index in [0.717, 1.165) is 17.5 Å². The SMILES string of the molecule is COC(=O)C(CCC(CO)c1ccccc1C)c1ccccc1. The summed E-state index contributed by atoms with van der Waals surface area (Å²) in [5, 5.41) is 9.77. The van der Waals surface area contributed by atoms with E-state index in [2.05, 4.69) is 0 Å². The quantitative estimate of drug-likeness (QED) is 0.791. The minimum Gasteiger partial charge on any atom is -0.469 e. The zero-order chi connectivity index (χ0) is 16.7. The third kappa shape index (κ3) is 4.42. The molecule has 23 heavy (non-hydrogen) atoms. The molecule has 0 aliphatic heterocycles. The van der Waals surface area contributed by atoms with E-state index in [9.17, 15) is 9.90 Å². The third-order valence-corrected chi connectivity index (χ3v) is 4.34. The highest BCUT2D eigenvalue weighted by atomic mass is 16.5. The van der Waals surface area contributed by atoms with Crippen molar-refractivity contribution in [2.45, 2.75) is 31.6 Å². The van der Waals surface area contributed by atoms with E-state index in [1.165, 1.54) is 12.7 Å². The molecule has 2 aromatic rings. The number of carbonyl (C=O) groups is 1. The van der Waals surface area contributed by atoms with Crippen molar-refractivity contribution in [2.75, 3.05) is 13.7 Å². The van der Waals surface area contributed by atoms with Gasteiger partial charge in [0.15, 0.2) is 0 Å². The fourth-order valence-corrected chi connectivity index (χ4v) is 3.01. The molecule has 2 rings (SSSR count). The van der Waals surface area contributed by atoms with Crippen molar-refractivity contribution < 1.29 is 14.6 Å². The predicted molar refractivity (Wildman–Crippen MR) is 91.4 cm³/mol. The van der Waals surface area contributed by atoms with E-state index in [-0.39, 0.29) is 24.4 Å². The number of benzene rings is 2. The Morgan fingerprint density at radius 3 is 2.30 bits per heavy atom. The lowest BCUT2D eigenvalue weighted by molar-refractivity contribution is -0.142. The van der Waals surface area contributed by atoms with Gasteiger partial charge in [-0.15, -0.1) is 0 Å². The summed E-state index contributed by atoms with van der Waals surface area (Å²) in [6.45, 7) is 2.13. The van der Waals surface area contributed by atoms with E-state index in [1.807, 2.05) is 61.5 Å². The highest BCUT2D eigenvalue weighted by molar-refractivity contribution is 5.78. The summed E-state index contributed by atoms with van der Waals surface area (Å²) in [6.07, 6.45) is 1.38. The first kappa shape index (κ1) is 17.2. The molecular formula is C20H24O3. The van der Waals surface area contributed by atoms with Crippen LogP contribution in [0.1, 0.15) is 41.4 Å². The van der Waals surface area contributed by atoms with Gasteiger partial charge in [0.1, 0.15) is 0 Å². The second-order valence-corrected chi connectivity index (χ2v) is 5.80. The molecule has 2 atom stereocenters. The fraction of sp³-hybridized carbons (Fsp3) is 0.350. The van der Waals surface area contributed by atoms with E-state index in [1.54, 1.807) is 0 Å². The first-order chi connectivity index (χ1) is 11.2. The number of aliphatic hydroxyl groups excluding tert-OH is 1. The molecule has 3 heteroatoms. The summed E-state index contributed by atoms with van der Waals surface area (Å²) in [7, 11) is 1.42. The van der Waals surface area contributed by atoms with Gasteiger partial charge in [-0.25, -0.2) is 0 Å². The highest BCUT2D eigenvalue weighted by Gasteiger charge is 2.23. The van der Waals surface area contributed by atoms with Crippen LogP contribution in [0.5, 0.6) is 0 Å². The summed E-state index contributed by atoms with van der Waals surface area (Å²) in [6, 6.07) is 17.8. The van der Waals surface area contributed by atoms with Gasteiger partial charge >= 0.3 is 5.97 Å². The Labute approximate surface area is 137 Å². The fourth-order valence-electron chi connectivity index (χ4n) is 3.01. The van der Waals surface area contributed by atoms with Crippen LogP contribution < -0.4 is 0 Å². The summed E-state index contributed by atoms with van der Waals surface area (Å²) >= 11 is 0. The molecule has 122 valence electrons. The molecule has 2 unspecified atom stereocenters. The zero-order valence-electron chi connectivity index (χ0n) is 13.7. The van der Waals surface area contributed by atoms with Crippen LogP contribution >= 0.6 is 0 Å². The van der Waals surface area contributed by atoms with Crippen LogP contribution in [0.25, 0.3) is 0 Å². The van der Waals surface area contributed by atoms with Crippen molar-refractivity contribution in [1.82, 2.24) is 0 Å². The minimum atomic E-state index is -0.292. The molecule has 0 fully saturated rings. The molecule has 0 bridgehead atoms. The van der Waals surface area contributed by atoms with E-state index >= 15 is 0 Å². The number of rotatable bonds is 7. The second-order valence-electron chi connectivity index (χ2n) is 5.80. The lowest BCUT2D eigenvalue weighted by Gasteiger charge is -2.20. The van der Waals surface area contributed by atoms with E-state index in [0.29, 0.717) is 6.42 Å². The maximum absolute atomic E-state index is 12.1. The van der Waals surface area contributed by atoms with Gasteiger partial charge < -0.3 is 9.84 Å². The number of aryl methyl sites for hydroxylation is 1. The topological polar surface area (TPSA) is 46.5 Å². The smallest absolute Gasteiger partial charge is 0.313 e. The van der Waals surface area contributed by atoms with Gasteiger partial charge in [-0.05, 0) is 36.5 Å². The van der Waals surface area contributed by atoms with Crippen molar-refractivity contribution in [3.63, 3.8) is 0 Å². The molecule has 0 aliphatic rings. The van der Waals surface area contributed by atoms with Gasteiger partial charge in [0.05, 0.1) is 13.0 Å². The van der Waals surface area contributed by atoms with Gasteiger partial charge in [-0.1, -0.05) is 54.6 Å². The van der Waals surface area contributed by atoms with Crippen molar-refractivity contribution in [3.05, 3.63) is 71.3 Å². The van der Waals surface area contributed by atoms with Crippen LogP contribution in [0, 0.1) is 6.92 Å². The minimum absolute atomic E-state index is 0.0343. The molecule has 0 amide bonds. The highest BCUT2D eigenvalue weighted by Crippen LogP contribution is 2.30. The molecular weight excluding hydrogens is 288 g/mol. The number of hydrogen-bond acceptors (Lipinski definition) is 3. The molecule has 0 radical (unpaired) electrons. The van der Waals surface area contributed by atoms with Gasteiger partial charge in [0, 0.05) is 12.5 Å². The number of esters is 1. The van der Waals surface area contributed by atoms with Crippen molar-refractivity contribution in [1.29, 1.82) is 0 Å². The Hall–Kier alpha value is -2.13. The Balaban J connectivity index is 2.14. The molecule has 0 saturated carbocycles. The van der Waals surface area contributed by atoms with Crippen molar-refractivity contribution in [3.8, 4) is 0 Å². The van der Waals surface area contributed by atoms with Crippen LogP contribution in [0.2, 0.25) is 0 Å².